The molecule has 2 heterocycles. The number of nitrogens with two attached hydrogens (primary N) is 1. The van der Waals surface area contributed by atoms with Crippen molar-refractivity contribution in [2.45, 2.75) is 25.0 Å². The lowest BCUT2D eigenvalue weighted by molar-refractivity contribution is 0.230. The van der Waals surface area contributed by atoms with Gasteiger partial charge in [0.15, 0.2) is 5.11 Å². The van der Waals surface area contributed by atoms with Gasteiger partial charge in [0.2, 0.25) is 0 Å². The molecule has 0 aromatic heterocycles. The number of anilines is 1. The van der Waals surface area contributed by atoms with Gasteiger partial charge in [-0.3, -0.25) is 10.3 Å². The van der Waals surface area contributed by atoms with Crippen LogP contribution in [0, 0.1) is 0 Å². The predicted molar refractivity (Wildman–Crippen MR) is 118 cm³/mol. The highest BCUT2D eigenvalue weighted by atomic mass is 79.9. The van der Waals surface area contributed by atoms with Gasteiger partial charge in [-0.15, -0.1) is 0 Å². The molecule has 2 atom stereocenters. The molecular weight excluding hydrogens is 422 g/mol. The number of nitrogens with zero attached hydrogens (tertiary/aromatic N) is 3. The van der Waals surface area contributed by atoms with E-state index < -0.39 is 0 Å². The first kappa shape index (κ1) is 18.4. The number of benzene rings is 2. The van der Waals surface area contributed by atoms with Crippen molar-refractivity contribution in [3.8, 4) is 0 Å². The largest absolute Gasteiger partial charge is 0.375 e. The van der Waals surface area contributed by atoms with E-state index in [0.29, 0.717) is 12.1 Å². The van der Waals surface area contributed by atoms with E-state index in [1.165, 1.54) is 17.7 Å². The van der Waals surface area contributed by atoms with Crippen molar-refractivity contribution >= 4 is 45.2 Å². The van der Waals surface area contributed by atoms with Gasteiger partial charge in [-0.2, -0.15) is 5.10 Å². The minimum Gasteiger partial charge on any atom is -0.375 e. The van der Waals surface area contributed by atoms with Crippen LogP contribution in [-0.4, -0.2) is 41.4 Å². The molecule has 5 nitrogen and oxygen atoms in total. The number of hydrogen-bond donors (Lipinski definition) is 2. The first-order chi connectivity index (χ1) is 13.1. The van der Waals surface area contributed by atoms with Gasteiger partial charge in [0, 0.05) is 36.2 Å². The van der Waals surface area contributed by atoms with Crippen molar-refractivity contribution < 1.29 is 0 Å². The molecule has 2 aliphatic rings. The summed E-state index contributed by atoms with van der Waals surface area (Å²) in [6.07, 6.45) is 2.95. The molecule has 140 valence electrons. The Kier molecular flexibility index (Phi) is 5.43. The molecule has 2 aromatic rings. The lowest BCUT2D eigenvalue weighted by Crippen LogP contribution is -2.46. The van der Waals surface area contributed by atoms with Crippen molar-refractivity contribution in [3.05, 3.63) is 64.1 Å². The number of fused-ring (bicyclic) bond motifs is 2. The summed E-state index contributed by atoms with van der Waals surface area (Å²) in [6.45, 7) is 3.24. The molecule has 0 aliphatic carbocycles. The molecule has 3 N–H and O–H groups in total. The SMILES string of the molecule is NC(=S)NN=Cc1ccc(N2C[C@@H]3C[C@H]2CN3Cc2ccccc2)c(Br)c1. The first-order valence-electron chi connectivity index (χ1n) is 9.03. The average molecular weight is 444 g/mol. The number of hydrogen-bond acceptors (Lipinski definition) is 4. The van der Waals surface area contributed by atoms with E-state index in [4.69, 9.17) is 18.0 Å². The Bertz CT molecular complexity index is 857. The normalized spacial score (nSPS) is 21.9. The Hall–Kier alpha value is -1.96. The maximum atomic E-state index is 5.37. The summed E-state index contributed by atoms with van der Waals surface area (Å²) < 4.78 is 1.09. The Labute approximate surface area is 173 Å². The highest BCUT2D eigenvalue weighted by molar-refractivity contribution is 9.10. The average Bonchev–Trinajstić information content (AvgIpc) is 3.23. The smallest absolute Gasteiger partial charge is 0.184 e. The summed E-state index contributed by atoms with van der Waals surface area (Å²) >= 11 is 8.47. The second-order valence-corrected chi connectivity index (χ2v) is 8.35. The second kappa shape index (κ2) is 7.96. The van der Waals surface area contributed by atoms with E-state index >= 15 is 0 Å². The first-order valence-corrected chi connectivity index (χ1v) is 10.2. The molecule has 2 saturated heterocycles. The zero-order valence-electron chi connectivity index (χ0n) is 14.9. The topological polar surface area (TPSA) is 56.9 Å². The lowest BCUT2D eigenvalue weighted by atomic mass is 10.1. The Balaban J connectivity index is 1.41. The molecule has 0 unspecified atom stereocenters. The molecular formula is C20H22BrN5S. The van der Waals surface area contributed by atoms with Crippen LogP contribution >= 0.6 is 28.1 Å². The van der Waals surface area contributed by atoms with Crippen molar-refractivity contribution in [2.24, 2.45) is 10.8 Å². The molecule has 0 saturated carbocycles. The molecule has 0 radical (unpaired) electrons. The third-order valence-electron chi connectivity index (χ3n) is 5.25. The van der Waals surface area contributed by atoms with Crippen LogP contribution in [-0.2, 0) is 6.54 Å². The Morgan fingerprint density at radius 1 is 1.22 bits per heavy atom. The second-order valence-electron chi connectivity index (χ2n) is 7.06. The fourth-order valence-electron chi connectivity index (χ4n) is 4.06. The van der Waals surface area contributed by atoms with Gasteiger partial charge in [-0.05, 0) is 57.8 Å². The van der Waals surface area contributed by atoms with Crippen molar-refractivity contribution in [1.29, 1.82) is 0 Å². The maximum Gasteiger partial charge on any atom is 0.184 e. The van der Waals surface area contributed by atoms with Crippen LogP contribution in [0.4, 0.5) is 5.69 Å². The van der Waals surface area contributed by atoms with E-state index in [-0.39, 0.29) is 5.11 Å². The minimum atomic E-state index is 0.162. The number of rotatable bonds is 5. The Morgan fingerprint density at radius 3 is 2.70 bits per heavy atom. The summed E-state index contributed by atoms with van der Waals surface area (Å²) in [5.41, 5.74) is 11.6. The summed E-state index contributed by atoms with van der Waals surface area (Å²) in [4.78, 5) is 5.15. The molecule has 7 heteroatoms. The molecule has 27 heavy (non-hydrogen) atoms. The third kappa shape index (κ3) is 4.15. The van der Waals surface area contributed by atoms with Crippen molar-refractivity contribution in [1.82, 2.24) is 10.3 Å². The van der Waals surface area contributed by atoms with E-state index in [9.17, 15) is 0 Å². The molecule has 2 fully saturated rings. The van der Waals surface area contributed by atoms with Crippen LogP contribution < -0.4 is 16.1 Å². The standard InChI is InChI=1S/C20H22BrN5S/c21-18-8-15(10-23-24-20(22)27)6-7-19(18)26-13-16-9-17(26)12-25(16)11-14-4-2-1-3-5-14/h1-8,10,16-17H,9,11-13H2,(H3,22,24,27)/t16-,17-/m0/s1. The number of likely N-dealkylation sites (tertiary alicyclic amines) is 1. The summed E-state index contributed by atoms with van der Waals surface area (Å²) in [7, 11) is 0. The van der Waals surface area contributed by atoms with E-state index in [0.717, 1.165) is 29.7 Å². The Morgan fingerprint density at radius 2 is 2.04 bits per heavy atom. The quantitative estimate of drug-likeness (QED) is 0.422. The molecule has 0 amide bonds. The molecule has 4 rings (SSSR count). The van der Waals surface area contributed by atoms with Crippen LogP contribution in [0.2, 0.25) is 0 Å². The summed E-state index contributed by atoms with van der Waals surface area (Å²) in [6, 6.07) is 18.3. The number of nitrogens with one attached hydrogen (secondary N) is 1. The monoisotopic (exact) mass is 443 g/mol. The van der Waals surface area contributed by atoms with Gasteiger partial charge in [0.05, 0.1) is 11.9 Å². The molecule has 2 aromatic carbocycles. The van der Waals surface area contributed by atoms with Crippen molar-refractivity contribution in [3.63, 3.8) is 0 Å². The zero-order chi connectivity index (χ0) is 18.8. The molecule has 2 bridgehead atoms. The van der Waals surface area contributed by atoms with Crippen LogP contribution in [0.25, 0.3) is 0 Å². The highest BCUT2D eigenvalue weighted by Crippen LogP contribution is 2.38. The minimum absolute atomic E-state index is 0.162. The lowest BCUT2D eigenvalue weighted by Gasteiger charge is -2.36. The predicted octanol–water partition coefficient (Wildman–Crippen LogP) is 3.08. The van der Waals surface area contributed by atoms with Crippen LogP contribution in [0.15, 0.2) is 58.1 Å². The van der Waals surface area contributed by atoms with Gasteiger partial charge >= 0.3 is 0 Å². The number of thiocarbonyl (C=S) groups is 1. The number of halogens is 1. The van der Waals surface area contributed by atoms with Crippen LogP contribution in [0.5, 0.6) is 0 Å². The fourth-order valence-corrected chi connectivity index (χ4v) is 4.74. The van der Waals surface area contributed by atoms with Gasteiger partial charge in [0.1, 0.15) is 0 Å². The summed E-state index contributed by atoms with van der Waals surface area (Å²) in [5, 5.41) is 4.18. The van der Waals surface area contributed by atoms with Gasteiger partial charge in [-0.25, -0.2) is 0 Å². The van der Waals surface area contributed by atoms with Crippen molar-refractivity contribution in [2.75, 3.05) is 18.0 Å². The maximum absolute atomic E-state index is 5.37. The number of piperazine rings is 1. The molecule has 2 aliphatic heterocycles. The van der Waals surface area contributed by atoms with Gasteiger partial charge in [-0.1, -0.05) is 36.4 Å². The number of hydrazone groups is 1. The van der Waals surface area contributed by atoms with Gasteiger partial charge in [0.25, 0.3) is 0 Å². The van der Waals surface area contributed by atoms with Gasteiger partial charge < -0.3 is 10.6 Å². The van der Waals surface area contributed by atoms with E-state index in [1.54, 1.807) is 6.21 Å². The van der Waals surface area contributed by atoms with Crippen LogP contribution in [0.3, 0.4) is 0 Å². The highest BCUT2D eigenvalue weighted by Gasteiger charge is 2.43. The fraction of sp³-hybridized carbons (Fsp3) is 0.300. The summed E-state index contributed by atoms with van der Waals surface area (Å²) in [5.74, 6) is 0. The van der Waals surface area contributed by atoms with E-state index in [2.05, 4.69) is 84.8 Å². The molecule has 0 spiro atoms. The van der Waals surface area contributed by atoms with Crippen LogP contribution in [0.1, 0.15) is 17.5 Å². The zero-order valence-corrected chi connectivity index (χ0v) is 17.3. The van der Waals surface area contributed by atoms with E-state index in [1.807, 2.05) is 0 Å². The third-order valence-corrected chi connectivity index (χ3v) is 5.98.